The molecule has 6 heteroatoms. The highest BCUT2D eigenvalue weighted by molar-refractivity contribution is 14.1. The van der Waals surface area contributed by atoms with Gasteiger partial charge in [-0.3, -0.25) is 0 Å². The van der Waals surface area contributed by atoms with Crippen LogP contribution in [0.3, 0.4) is 0 Å². The zero-order chi connectivity index (χ0) is 13.3. The molecule has 0 aliphatic rings. The Balaban J connectivity index is 2.17. The van der Waals surface area contributed by atoms with Gasteiger partial charge in [0.1, 0.15) is 6.73 Å². The number of halogens is 2. The van der Waals surface area contributed by atoms with Crippen LogP contribution in [0.25, 0.3) is 11.0 Å². The summed E-state index contributed by atoms with van der Waals surface area (Å²) in [5.41, 5.74) is 1.98. The molecule has 0 aliphatic heterocycles. The summed E-state index contributed by atoms with van der Waals surface area (Å²) in [6, 6.07) is 3.94. The standard InChI is InChI=1S/C12H16ClIN2OSi/c1-18(2,3)8-17-7-16-6-15-11-4-9(13)10(14)5-12(11)16/h4-6H,7-8H2,1-3H3. The lowest BCUT2D eigenvalue weighted by Gasteiger charge is -2.16. The highest BCUT2D eigenvalue weighted by Gasteiger charge is 2.13. The third kappa shape index (κ3) is 3.46. The third-order valence-corrected chi connectivity index (χ3v) is 5.02. The Hall–Kier alpha value is -0.113. The van der Waals surface area contributed by atoms with Gasteiger partial charge in [0.2, 0.25) is 0 Å². The second kappa shape index (κ2) is 5.48. The fourth-order valence-electron chi connectivity index (χ4n) is 1.61. The van der Waals surface area contributed by atoms with E-state index in [0.29, 0.717) is 6.73 Å². The molecular weight excluding hydrogens is 379 g/mol. The van der Waals surface area contributed by atoms with Crippen molar-refractivity contribution in [3.05, 3.63) is 27.1 Å². The van der Waals surface area contributed by atoms with Crippen LogP contribution < -0.4 is 0 Å². The highest BCUT2D eigenvalue weighted by atomic mass is 127. The summed E-state index contributed by atoms with van der Waals surface area (Å²) < 4.78 is 8.83. The molecule has 0 aliphatic carbocycles. The van der Waals surface area contributed by atoms with Crippen molar-refractivity contribution in [1.29, 1.82) is 0 Å². The average molecular weight is 395 g/mol. The van der Waals surface area contributed by atoms with Crippen LogP contribution in [-0.4, -0.2) is 23.9 Å². The molecule has 0 fully saturated rings. The smallest absolute Gasteiger partial charge is 0.123 e. The molecule has 98 valence electrons. The molecule has 0 N–H and O–H groups in total. The van der Waals surface area contributed by atoms with Crippen molar-refractivity contribution < 1.29 is 4.74 Å². The summed E-state index contributed by atoms with van der Waals surface area (Å²) in [7, 11) is -1.16. The number of nitrogens with zero attached hydrogens (tertiary/aromatic N) is 2. The molecule has 0 bridgehead atoms. The molecule has 1 heterocycles. The van der Waals surface area contributed by atoms with Crippen molar-refractivity contribution in [2.75, 3.05) is 6.23 Å². The first kappa shape index (κ1) is 14.3. The van der Waals surface area contributed by atoms with Crippen molar-refractivity contribution >= 4 is 53.3 Å². The van der Waals surface area contributed by atoms with Crippen LogP contribution in [0.1, 0.15) is 0 Å². The van der Waals surface area contributed by atoms with Crippen LogP contribution >= 0.6 is 34.2 Å². The Morgan fingerprint density at radius 2 is 2.11 bits per heavy atom. The summed E-state index contributed by atoms with van der Waals surface area (Å²) >= 11 is 8.31. The van der Waals surface area contributed by atoms with E-state index in [2.05, 4.69) is 47.2 Å². The van der Waals surface area contributed by atoms with E-state index < -0.39 is 8.07 Å². The minimum Gasteiger partial charge on any atom is -0.364 e. The molecule has 0 spiro atoms. The van der Waals surface area contributed by atoms with Crippen molar-refractivity contribution in [3.63, 3.8) is 0 Å². The molecule has 3 nitrogen and oxygen atoms in total. The van der Waals surface area contributed by atoms with Crippen molar-refractivity contribution in [3.8, 4) is 0 Å². The topological polar surface area (TPSA) is 27.1 Å². The minimum absolute atomic E-state index is 0.554. The van der Waals surface area contributed by atoms with Gasteiger partial charge in [0.05, 0.1) is 30.5 Å². The molecule has 2 rings (SSSR count). The van der Waals surface area contributed by atoms with Gasteiger partial charge in [0.25, 0.3) is 0 Å². The van der Waals surface area contributed by atoms with Gasteiger partial charge in [-0.1, -0.05) is 31.2 Å². The van der Waals surface area contributed by atoms with Crippen LogP contribution in [0.4, 0.5) is 0 Å². The number of ether oxygens (including phenoxy) is 1. The molecule has 0 amide bonds. The first-order valence-corrected chi connectivity index (χ1v) is 10.9. The van der Waals surface area contributed by atoms with Crippen LogP contribution in [0, 0.1) is 3.57 Å². The predicted molar refractivity (Wildman–Crippen MR) is 86.8 cm³/mol. The number of rotatable bonds is 4. The average Bonchev–Trinajstić information content (AvgIpc) is 2.60. The summed E-state index contributed by atoms with van der Waals surface area (Å²) in [6.45, 7) is 7.43. The van der Waals surface area contributed by atoms with Gasteiger partial charge in [-0.2, -0.15) is 0 Å². The van der Waals surface area contributed by atoms with Gasteiger partial charge in [-0.25, -0.2) is 4.98 Å². The summed E-state index contributed by atoms with van der Waals surface area (Å²) in [4.78, 5) is 4.34. The third-order valence-electron chi connectivity index (χ3n) is 2.43. The van der Waals surface area contributed by atoms with Gasteiger partial charge >= 0.3 is 0 Å². The Kier molecular flexibility index (Phi) is 4.35. The van der Waals surface area contributed by atoms with Gasteiger partial charge in [0.15, 0.2) is 0 Å². The summed E-state index contributed by atoms with van der Waals surface area (Å²) in [5.74, 6) is 0. The van der Waals surface area contributed by atoms with E-state index in [4.69, 9.17) is 16.3 Å². The number of hydrogen-bond donors (Lipinski definition) is 0. The van der Waals surface area contributed by atoms with Crippen molar-refractivity contribution in [2.45, 2.75) is 26.4 Å². The molecule has 2 aromatic rings. The van der Waals surface area contributed by atoms with E-state index in [1.54, 1.807) is 6.33 Å². The maximum Gasteiger partial charge on any atom is 0.123 e. The number of aromatic nitrogens is 2. The second-order valence-electron chi connectivity index (χ2n) is 5.51. The fraction of sp³-hybridized carbons (Fsp3) is 0.417. The molecule has 1 aromatic heterocycles. The molecule has 0 saturated heterocycles. The maximum absolute atomic E-state index is 6.08. The first-order chi connectivity index (χ1) is 8.37. The molecular formula is C12H16ClIN2OSi. The quantitative estimate of drug-likeness (QED) is 0.575. The second-order valence-corrected chi connectivity index (χ2v) is 12.5. The van der Waals surface area contributed by atoms with Gasteiger partial charge in [-0.15, -0.1) is 0 Å². The Labute approximate surface area is 127 Å². The van der Waals surface area contributed by atoms with E-state index in [0.717, 1.165) is 25.9 Å². The first-order valence-electron chi connectivity index (χ1n) is 5.74. The molecule has 1 aromatic carbocycles. The minimum atomic E-state index is -1.16. The molecule has 0 unspecified atom stereocenters. The zero-order valence-corrected chi connectivity index (χ0v) is 14.6. The normalized spacial score (nSPS) is 12.3. The van der Waals surface area contributed by atoms with Crippen LogP contribution in [0.15, 0.2) is 18.5 Å². The Morgan fingerprint density at radius 1 is 1.39 bits per heavy atom. The number of fused-ring (bicyclic) bond motifs is 1. The van der Waals surface area contributed by atoms with Gasteiger partial charge in [-0.05, 0) is 34.7 Å². The number of benzene rings is 1. The monoisotopic (exact) mass is 394 g/mol. The van der Waals surface area contributed by atoms with E-state index in [1.807, 2.05) is 16.7 Å². The number of imidazole rings is 1. The molecule has 18 heavy (non-hydrogen) atoms. The predicted octanol–water partition coefficient (Wildman–Crippen LogP) is 4.15. The summed E-state index contributed by atoms with van der Waals surface area (Å²) in [6.07, 6.45) is 2.67. The largest absolute Gasteiger partial charge is 0.364 e. The lowest BCUT2D eigenvalue weighted by Crippen LogP contribution is -2.28. The van der Waals surface area contributed by atoms with Crippen LogP contribution in [-0.2, 0) is 11.5 Å². The Morgan fingerprint density at radius 3 is 2.78 bits per heavy atom. The van der Waals surface area contributed by atoms with E-state index in [9.17, 15) is 0 Å². The van der Waals surface area contributed by atoms with Crippen LogP contribution in [0.2, 0.25) is 24.7 Å². The maximum atomic E-state index is 6.08. The fourth-order valence-corrected chi connectivity index (χ4v) is 2.92. The van der Waals surface area contributed by atoms with Gasteiger partial charge in [0, 0.05) is 9.80 Å². The van der Waals surface area contributed by atoms with E-state index in [-0.39, 0.29) is 0 Å². The Bertz CT molecular complexity index is 565. The van der Waals surface area contributed by atoms with Gasteiger partial charge < -0.3 is 9.30 Å². The molecule has 0 atom stereocenters. The molecule has 0 radical (unpaired) electrons. The summed E-state index contributed by atoms with van der Waals surface area (Å²) in [5, 5.41) is 0.747. The molecule has 0 saturated carbocycles. The van der Waals surface area contributed by atoms with E-state index >= 15 is 0 Å². The highest BCUT2D eigenvalue weighted by Crippen LogP contribution is 2.24. The van der Waals surface area contributed by atoms with E-state index in [1.165, 1.54) is 0 Å². The lowest BCUT2D eigenvalue weighted by atomic mass is 10.3. The van der Waals surface area contributed by atoms with Crippen molar-refractivity contribution in [2.24, 2.45) is 0 Å². The lowest BCUT2D eigenvalue weighted by molar-refractivity contribution is 0.112. The number of hydrogen-bond acceptors (Lipinski definition) is 2. The van der Waals surface area contributed by atoms with Crippen molar-refractivity contribution in [1.82, 2.24) is 9.55 Å². The SMILES string of the molecule is C[Si](C)(C)COCn1cnc2cc(Cl)c(I)cc21. The zero-order valence-electron chi connectivity index (χ0n) is 10.7. The van der Waals surface area contributed by atoms with Crippen LogP contribution in [0.5, 0.6) is 0 Å².